The molecular formula is C15H23N3S. The van der Waals surface area contributed by atoms with Gasteiger partial charge in [0.05, 0.1) is 0 Å². The SMILES string of the molecule is Cc1ccc([C@H](C)NCCCCn2ccnc2C)s1. The van der Waals surface area contributed by atoms with Crippen LogP contribution in [0.1, 0.15) is 41.4 Å². The van der Waals surface area contributed by atoms with Crippen molar-refractivity contribution in [1.29, 1.82) is 0 Å². The van der Waals surface area contributed by atoms with Crippen LogP contribution in [0.15, 0.2) is 24.5 Å². The monoisotopic (exact) mass is 277 g/mol. The van der Waals surface area contributed by atoms with E-state index in [0.29, 0.717) is 6.04 Å². The largest absolute Gasteiger partial charge is 0.335 e. The van der Waals surface area contributed by atoms with Gasteiger partial charge in [0.25, 0.3) is 0 Å². The fourth-order valence-corrected chi connectivity index (χ4v) is 3.06. The number of rotatable bonds is 7. The molecule has 2 aromatic rings. The molecule has 0 aromatic carbocycles. The minimum Gasteiger partial charge on any atom is -0.335 e. The Labute approximate surface area is 119 Å². The summed E-state index contributed by atoms with van der Waals surface area (Å²) in [5.41, 5.74) is 0. The van der Waals surface area contributed by atoms with Crippen molar-refractivity contribution in [3.63, 3.8) is 0 Å². The molecular weight excluding hydrogens is 254 g/mol. The molecule has 3 nitrogen and oxygen atoms in total. The van der Waals surface area contributed by atoms with Crippen LogP contribution in [0.25, 0.3) is 0 Å². The molecule has 2 heterocycles. The topological polar surface area (TPSA) is 29.9 Å². The van der Waals surface area contributed by atoms with E-state index in [0.717, 1.165) is 18.9 Å². The van der Waals surface area contributed by atoms with Gasteiger partial charge in [0, 0.05) is 34.7 Å². The Morgan fingerprint density at radius 3 is 2.79 bits per heavy atom. The second kappa shape index (κ2) is 6.87. The zero-order valence-electron chi connectivity index (χ0n) is 12.0. The van der Waals surface area contributed by atoms with Crippen molar-refractivity contribution in [1.82, 2.24) is 14.9 Å². The second-order valence-electron chi connectivity index (χ2n) is 5.00. The fraction of sp³-hybridized carbons (Fsp3) is 0.533. The molecule has 1 N–H and O–H groups in total. The molecule has 1 atom stereocenters. The Bertz CT molecular complexity index is 501. The summed E-state index contributed by atoms with van der Waals surface area (Å²) < 4.78 is 2.21. The van der Waals surface area contributed by atoms with E-state index in [-0.39, 0.29) is 0 Å². The molecule has 0 unspecified atom stereocenters. The first kappa shape index (κ1) is 14.3. The van der Waals surface area contributed by atoms with Crippen molar-refractivity contribution >= 4 is 11.3 Å². The van der Waals surface area contributed by atoms with Crippen LogP contribution in [0, 0.1) is 13.8 Å². The standard InChI is InChI=1S/C15H23N3S/c1-12-6-7-15(19-12)13(2)16-8-4-5-10-18-11-9-17-14(18)3/h6-7,9,11,13,16H,4-5,8,10H2,1-3H3/t13-/m0/s1. The summed E-state index contributed by atoms with van der Waals surface area (Å²) in [6.07, 6.45) is 6.32. The number of nitrogens with one attached hydrogen (secondary N) is 1. The van der Waals surface area contributed by atoms with Gasteiger partial charge in [-0.1, -0.05) is 0 Å². The molecule has 0 amide bonds. The first-order chi connectivity index (χ1) is 9.16. The number of nitrogens with zero attached hydrogens (tertiary/aromatic N) is 2. The molecule has 104 valence electrons. The second-order valence-corrected chi connectivity index (χ2v) is 6.32. The summed E-state index contributed by atoms with van der Waals surface area (Å²) in [7, 11) is 0. The van der Waals surface area contributed by atoms with Gasteiger partial charge in [-0.25, -0.2) is 4.98 Å². The van der Waals surface area contributed by atoms with Gasteiger partial charge in [-0.2, -0.15) is 0 Å². The minimum absolute atomic E-state index is 0.466. The van der Waals surface area contributed by atoms with Gasteiger partial charge in [0.2, 0.25) is 0 Å². The average Bonchev–Trinajstić information content (AvgIpc) is 2.98. The van der Waals surface area contributed by atoms with Gasteiger partial charge in [-0.3, -0.25) is 0 Å². The van der Waals surface area contributed by atoms with Crippen LogP contribution in [0.3, 0.4) is 0 Å². The van der Waals surface area contributed by atoms with Crippen LogP contribution < -0.4 is 5.32 Å². The third-order valence-corrected chi connectivity index (χ3v) is 4.57. The molecule has 2 rings (SSSR count). The van der Waals surface area contributed by atoms with E-state index in [4.69, 9.17) is 0 Å². The average molecular weight is 277 g/mol. The van der Waals surface area contributed by atoms with Gasteiger partial charge in [0.1, 0.15) is 5.82 Å². The quantitative estimate of drug-likeness (QED) is 0.782. The van der Waals surface area contributed by atoms with E-state index in [9.17, 15) is 0 Å². The van der Waals surface area contributed by atoms with Crippen molar-refractivity contribution in [3.05, 3.63) is 40.1 Å². The molecule has 0 aliphatic heterocycles. The van der Waals surface area contributed by atoms with E-state index in [2.05, 4.69) is 54.0 Å². The Morgan fingerprint density at radius 1 is 1.32 bits per heavy atom. The minimum atomic E-state index is 0.466. The predicted molar refractivity (Wildman–Crippen MR) is 81.7 cm³/mol. The van der Waals surface area contributed by atoms with Crippen LogP contribution in [0.4, 0.5) is 0 Å². The zero-order chi connectivity index (χ0) is 13.7. The summed E-state index contributed by atoms with van der Waals surface area (Å²) in [6, 6.07) is 4.89. The Hall–Kier alpha value is -1.13. The number of hydrogen-bond acceptors (Lipinski definition) is 3. The van der Waals surface area contributed by atoms with Gasteiger partial charge in [0.15, 0.2) is 0 Å². The number of unbranched alkanes of at least 4 members (excludes halogenated alkanes) is 1. The highest BCUT2D eigenvalue weighted by molar-refractivity contribution is 7.12. The van der Waals surface area contributed by atoms with Gasteiger partial charge in [-0.15, -0.1) is 11.3 Å². The van der Waals surface area contributed by atoms with Crippen molar-refractivity contribution in [2.75, 3.05) is 6.54 Å². The molecule has 0 bridgehead atoms. The number of thiophene rings is 1. The third kappa shape index (κ3) is 4.18. The van der Waals surface area contributed by atoms with Crippen molar-refractivity contribution < 1.29 is 0 Å². The predicted octanol–water partition coefficient (Wildman–Crippen LogP) is 3.69. The van der Waals surface area contributed by atoms with Crippen LogP contribution in [0.5, 0.6) is 0 Å². The van der Waals surface area contributed by atoms with Crippen molar-refractivity contribution in [2.24, 2.45) is 0 Å². The van der Waals surface area contributed by atoms with E-state index in [1.165, 1.54) is 22.6 Å². The Kier molecular flexibility index (Phi) is 5.16. The first-order valence-corrected chi connectivity index (χ1v) is 7.76. The molecule has 0 saturated carbocycles. The smallest absolute Gasteiger partial charge is 0.105 e. The molecule has 0 saturated heterocycles. The molecule has 0 fully saturated rings. The highest BCUT2D eigenvalue weighted by atomic mass is 32.1. The summed E-state index contributed by atoms with van der Waals surface area (Å²) in [5.74, 6) is 1.11. The van der Waals surface area contributed by atoms with Crippen LogP contribution in [-0.4, -0.2) is 16.1 Å². The molecule has 2 aromatic heterocycles. The van der Waals surface area contributed by atoms with Gasteiger partial charge >= 0.3 is 0 Å². The Morgan fingerprint density at radius 2 is 2.16 bits per heavy atom. The highest BCUT2D eigenvalue weighted by Crippen LogP contribution is 2.22. The molecule has 0 aliphatic carbocycles. The Balaban J connectivity index is 1.63. The van der Waals surface area contributed by atoms with Gasteiger partial charge in [-0.05, 0) is 52.3 Å². The van der Waals surface area contributed by atoms with Crippen LogP contribution >= 0.6 is 11.3 Å². The number of aromatic nitrogens is 2. The first-order valence-electron chi connectivity index (χ1n) is 6.94. The lowest BCUT2D eigenvalue weighted by Crippen LogP contribution is -2.19. The van der Waals surface area contributed by atoms with E-state index < -0.39 is 0 Å². The lowest BCUT2D eigenvalue weighted by Gasteiger charge is -2.12. The molecule has 0 radical (unpaired) electrons. The third-order valence-electron chi connectivity index (χ3n) is 3.39. The van der Waals surface area contributed by atoms with Crippen molar-refractivity contribution in [3.8, 4) is 0 Å². The maximum Gasteiger partial charge on any atom is 0.105 e. The van der Waals surface area contributed by atoms with Crippen molar-refractivity contribution in [2.45, 2.75) is 46.2 Å². The highest BCUT2D eigenvalue weighted by Gasteiger charge is 2.06. The number of imidazole rings is 1. The van der Waals surface area contributed by atoms with Crippen LogP contribution in [0.2, 0.25) is 0 Å². The summed E-state index contributed by atoms with van der Waals surface area (Å²) in [4.78, 5) is 7.06. The summed E-state index contributed by atoms with van der Waals surface area (Å²) in [6.45, 7) is 8.60. The molecule has 4 heteroatoms. The fourth-order valence-electron chi connectivity index (χ4n) is 2.15. The molecule has 0 spiro atoms. The van der Waals surface area contributed by atoms with Gasteiger partial charge < -0.3 is 9.88 Å². The maximum atomic E-state index is 4.23. The molecule has 0 aliphatic rings. The van der Waals surface area contributed by atoms with E-state index in [1.54, 1.807) is 0 Å². The summed E-state index contributed by atoms with van der Waals surface area (Å²) in [5, 5.41) is 3.59. The van der Waals surface area contributed by atoms with Crippen LogP contribution in [-0.2, 0) is 6.54 Å². The number of hydrogen-bond donors (Lipinski definition) is 1. The zero-order valence-corrected chi connectivity index (χ0v) is 12.8. The summed E-state index contributed by atoms with van der Waals surface area (Å²) >= 11 is 1.88. The lowest BCUT2D eigenvalue weighted by molar-refractivity contribution is 0.524. The van der Waals surface area contributed by atoms with E-state index in [1.807, 2.05) is 17.5 Å². The maximum absolute atomic E-state index is 4.23. The number of aryl methyl sites for hydroxylation is 3. The molecule has 19 heavy (non-hydrogen) atoms. The van der Waals surface area contributed by atoms with E-state index >= 15 is 0 Å². The lowest BCUT2D eigenvalue weighted by atomic mass is 10.2. The normalized spacial score (nSPS) is 12.8.